The van der Waals surface area contributed by atoms with Crippen LogP contribution >= 0.6 is 0 Å². The lowest BCUT2D eigenvalue weighted by molar-refractivity contribution is -0.134. The maximum atomic E-state index is 12.9. The predicted molar refractivity (Wildman–Crippen MR) is 128 cm³/mol. The van der Waals surface area contributed by atoms with E-state index in [0.717, 1.165) is 0 Å². The first-order chi connectivity index (χ1) is 16.7. The second-order valence-corrected chi connectivity index (χ2v) is 8.79. The smallest absolute Gasteiger partial charge is 0.251 e. The van der Waals surface area contributed by atoms with E-state index in [1.807, 2.05) is 13.8 Å². The number of ether oxygens (including phenoxy) is 2. The van der Waals surface area contributed by atoms with E-state index >= 15 is 0 Å². The summed E-state index contributed by atoms with van der Waals surface area (Å²) in [7, 11) is 1.54. The number of nitrogens with one attached hydrogen (secondary N) is 2. The minimum absolute atomic E-state index is 0.0329. The van der Waals surface area contributed by atoms with E-state index in [1.54, 1.807) is 29.8 Å². The standard InChI is InChI=1S/C24H34N6O5/c1-15(2)22-23-26-16(3)28-30(23)11-12-35-20-13-18(7-8-19(20)34-5)24(33)25-9-6-10-29(17(4)31)14-21(32)27-22/h7-8,13,15,22H,6,9-12,14H2,1-5H3,(H,25,33)(H,27,32)/t22-/m0/s1. The molecule has 1 aromatic heterocycles. The van der Waals surface area contributed by atoms with Gasteiger partial charge in [-0.3, -0.25) is 14.4 Å². The fraction of sp³-hybridized carbons (Fsp3) is 0.542. The average molecular weight is 487 g/mol. The number of amides is 3. The Bertz CT molecular complexity index is 1070. The molecule has 2 N–H and O–H groups in total. The van der Waals surface area contributed by atoms with Crippen molar-refractivity contribution < 1.29 is 23.9 Å². The largest absolute Gasteiger partial charge is 0.493 e. The van der Waals surface area contributed by atoms with Gasteiger partial charge in [0.2, 0.25) is 11.8 Å². The SMILES string of the molecule is COc1ccc2cc1OCCn1nc(C)nc1[C@H](C(C)C)NC(=O)CN(C(C)=O)CCCNC2=O. The first kappa shape index (κ1) is 26.0. The zero-order valence-electron chi connectivity index (χ0n) is 21.0. The van der Waals surface area contributed by atoms with Gasteiger partial charge in [-0.05, 0) is 37.5 Å². The van der Waals surface area contributed by atoms with Crippen molar-refractivity contribution in [3.8, 4) is 11.5 Å². The van der Waals surface area contributed by atoms with Crippen molar-refractivity contribution in [3.05, 3.63) is 35.4 Å². The summed E-state index contributed by atoms with van der Waals surface area (Å²) in [6, 6.07) is 4.60. The highest BCUT2D eigenvalue weighted by atomic mass is 16.5. The van der Waals surface area contributed by atoms with Gasteiger partial charge in [-0.25, -0.2) is 9.67 Å². The summed E-state index contributed by atoms with van der Waals surface area (Å²) < 4.78 is 13.1. The van der Waals surface area contributed by atoms with E-state index < -0.39 is 6.04 Å². The van der Waals surface area contributed by atoms with E-state index in [1.165, 1.54) is 18.9 Å². The molecule has 0 saturated carbocycles. The number of hydrogen-bond donors (Lipinski definition) is 2. The summed E-state index contributed by atoms with van der Waals surface area (Å²) in [6.07, 6.45) is 0.499. The average Bonchev–Trinajstić information content (AvgIpc) is 3.18. The van der Waals surface area contributed by atoms with Crippen molar-refractivity contribution in [2.24, 2.45) is 5.92 Å². The summed E-state index contributed by atoms with van der Waals surface area (Å²) in [5.41, 5.74) is 0.432. The van der Waals surface area contributed by atoms with Gasteiger partial charge >= 0.3 is 0 Å². The quantitative estimate of drug-likeness (QED) is 0.658. The van der Waals surface area contributed by atoms with Crippen molar-refractivity contribution in [1.82, 2.24) is 30.3 Å². The van der Waals surface area contributed by atoms with Crippen molar-refractivity contribution in [1.29, 1.82) is 0 Å². The van der Waals surface area contributed by atoms with Gasteiger partial charge in [0, 0.05) is 25.6 Å². The molecule has 1 aromatic carbocycles. The number of nitrogens with zero attached hydrogens (tertiary/aromatic N) is 4. The van der Waals surface area contributed by atoms with Crippen molar-refractivity contribution in [2.45, 2.75) is 46.7 Å². The molecule has 0 fully saturated rings. The highest BCUT2D eigenvalue weighted by Crippen LogP contribution is 2.28. The molecular formula is C24H34N6O5. The molecule has 35 heavy (non-hydrogen) atoms. The fourth-order valence-electron chi connectivity index (χ4n) is 3.88. The fourth-order valence-corrected chi connectivity index (χ4v) is 3.88. The second kappa shape index (κ2) is 11.7. The Morgan fingerprint density at radius 2 is 2.03 bits per heavy atom. The van der Waals surface area contributed by atoms with E-state index in [2.05, 4.69) is 20.7 Å². The molecule has 0 aliphatic carbocycles. The molecule has 2 aromatic rings. The first-order valence-corrected chi connectivity index (χ1v) is 11.7. The molecule has 3 rings (SSSR count). The van der Waals surface area contributed by atoms with Gasteiger partial charge in [0.15, 0.2) is 11.5 Å². The summed E-state index contributed by atoms with van der Waals surface area (Å²) in [5.74, 6) is 1.42. The lowest BCUT2D eigenvalue weighted by Gasteiger charge is -2.25. The Morgan fingerprint density at radius 1 is 1.26 bits per heavy atom. The van der Waals surface area contributed by atoms with Crippen LogP contribution in [-0.4, -0.2) is 70.7 Å². The van der Waals surface area contributed by atoms with Gasteiger partial charge in [-0.1, -0.05) is 13.8 Å². The molecule has 0 radical (unpaired) electrons. The normalized spacial score (nSPS) is 18.0. The highest BCUT2D eigenvalue weighted by Gasteiger charge is 2.26. The third kappa shape index (κ3) is 6.71. The summed E-state index contributed by atoms with van der Waals surface area (Å²) in [4.78, 5) is 43.7. The third-order valence-corrected chi connectivity index (χ3v) is 5.72. The van der Waals surface area contributed by atoms with Crippen LogP contribution in [0.2, 0.25) is 0 Å². The Balaban J connectivity index is 1.93. The highest BCUT2D eigenvalue weighted by molar-refractivity contribution is 5.94. The topological polar surface area (TPSA) is 128 Å². The van der Waals surface area contributed by atoms with Gasteiger partial charge < -0.3 is 25.0 Å². The lowest BCUT2D eigenvalue weighted by Crippen LogP contribution is -2.43. The number of hydrogen-bond acceptors (Lipinski definition) is 7. The summed E-state index contributed by atoms with van der Waals surface area (Å²) >= 11 is 0. The Labute approximate surface area is 205 Å². The van der Waals surface area contributed by atoms with Crippen LogP contribution in [0.5, 0.6) is 11.5 Å². The first-order valence-electron chi connectivity index (χ1n) is 11.7. The van der Waals surface area contributed by atoms with Crippen LogP contribution in [0.15, 0.2) is 18.2 Å². The summed E-state index contributed by atoms with van der Waals surface area (Å²) in [5, 5.41) is 10.3. The molecule has 1 atom stereocenters. The predicted octanol–water partition coefficient (Wildman–Crippen LogP) is 1.47. The molecule has 1 aliphatic heterocycles. The number of aryl methyl sites for hydroxylation is 1. The molecule has 0 saturated heterocycles. The molecule has 11 heteroatoms. The van der Waals surface area contributed by atoms with Crippen LogP contribution in [0.25, 0.3) is 0 Å². The van der Waals surface area contributed by atoms with E-state index in [0.29, 0.717) is 54.8 Å². The molecule has 190 valence electrons. The zero-order valence-corrected chi connectivity index (χ0v) is 21.0. The number of carbonyl (C=O) groups is 3. The number of rotatable bonds is 2. The van der Waals surface area contributed by atoms with Crippen LogP contribution in [0.4, 0.5) is 0 Å². The molecule has 1 aliphatic rings. The van der Waals surface area contributed by atoms with E-state index in [-0.39, 0.29) is 36.8 Å². The van der Waals surface area contributed by atoms with Gasteiger partial charge in [0.1, 0.15) is 18.3 Å². The molecule has 2 heterocycles. The maximum Gasteiger partial charge on any atom is 0.251 e. The van der Waals surface area contributed by atoms with Gasteiger partial charge in [-0.2, -0.15) is 5.10 Å². The van der Waals surface area contributed by atoms with Gasteiger partial charge in [0.25, 0.3) is 5.91 Å². The molecule has 0 spiro atoms. The van der Waals surface area contributed by atoms with Crippen LogP contribution in [0, 0.1) is 12.8 Å². The van der Waals surface area contributed by atoms with Crippen LogP contribution in [0.3, 0.4) is 0 Å². The van der Waals surface area contributed by atoms with E-state index in [9.17, 15) is 14.4 Å². The Kier molecular flexibility index (Phi) is 8.67. The number of carbonyl (C=O) groups excluding carboxylic acids is 3. The summed E-state index contributed by atoms with van der Waals surface area (Å²) in [6.45, 7) is 8.42. The van der Waals surface area contributed by atoms with Crippen LogP contribution in [-0.2, 0) is 16.1 Å². The minimum atomic E-state index is -0.395. The van der Waals surface area contributed by atoms with E-state index in [4.69, 9.17) is 9.47 Å². The molecule has 3 amide bonds. The van der Waals surface area contributed by atoms with Crippen molar-refractivity contribution in [3.63, 3.8) is 0 Å². The molecule has 0 unspecified atom stereocenters. The molecular weight excluding hydrogens is 452 g/mol. The minimum Gasteiger partial charge on any atom is -0.493 e. The lowest BCUT2D eigenvalue weighted by atomic mass is 10.0. The van der Waals surface area contributed by atoms with Gasteiger partial charge in [0.05, 0.1) is 26.2 Å². The number of benzene rings is 1. The van der Waals surface area contributed by atoms with Gasteiger partial charge in [-0.15, -0.1) is 0 Å². The number of fused-ring (bicyclic) bond motifs is 3. The number of methoxy groups -OCH3 is 1. The van der Waals surface area contributed by atoms with Crippen LogP contribution < -0.4 is 20.1 Å². The monoisotopic (exact) mass is 486 g/mol. The molecule has 2 bridgehead atoms. The van der Waals surface area contributed by atoms with Crippen molar-refractivity contribution >= 4 is 17.7 Å². The molecule has 11 nitrogen and oxygen atoms in total. The maximum absolute atomic E-state index is 12.9. The Morgan fingerprint density at radius 3 is 2.71 bits per heavy atom. The number of aromatic nitrogens is 3. The zero-order chi connectivity index (χ0) is 25.5. The third-order valence-electron chi connectivity index (χ3n) is 5.72. The second-order valence-electron chi connectivity index (χ2n) is 8.79. The Hall–Kier alpha value is -3.63. The van der Waals surface area contributed by atoms with Crippen LogP contribution in [0.1, 0.15) is 55.2 Å². The van der Waals surface area contributed by atoms with Crippen molar-refractivity contribution in [2.75, 3.05) is 33.4 Å².